The second-order valence-corrected chi connectivity index (χ2v) is 3.90. The van der Waals surface area contributed by atoms with Crippen LogP contribution in [0.25, 0.3) is 0 Å². The van der Waals surface area contributed by atoms with E-state index >= 15 is 0 Å². The normalized spacial score (nSPS) is 10.5. The first-order valence-corrected chi connectivity index (χ1v) is 6.22. The van der Waals surface area contributed by atoms with E-state index in [9.17, 15) is 0 Å². The van der Waals surface area contributed by atoms with E-state index in [1.54, 1.807) is 0 Å². The lowest BCUT2D eigenvalue weighted by molar-refractivity contribution is 0.154. The van der Waals surface area contributed by atoms with Gasteiger partial charge in [0.1, 0.15) is 0 Å². The van der Waals surface area contributed by atoms with Crippen molar-refractivity contribution < 1.29 is 4.74 Å². The third kappa shape index (κ3) is 5.15. The van der Waals surface area contributed by atoms with E-state index in [1.807, 2.05) is 19.2 Å². The van der Waals surface area contributed by atoms with Crippen LogP contribution < -0.4 is 10.2 Å². The van der Waals surface area contributed by atoms with Crippen LogP contribution in [0.1, 0.15) is 19.5 Å². The highest BCUT2D eigenvalue weighted by atomic mass is 16.5. The molecule has 0 atom stereocenters. The third-order valence-electron chi connectivity index (χ3n) is 2.57. The number of rotatable bonds is 8. The van der Waals surface area contributed by atoms with E-state index in [0.29, 0.717) is 0 Å². The van der Waals surface area contributed by atoms with E-state index in [1.165, 1.54) is 5.69 Å². The fourth-order valence-electron chi connectivity index (χ4n) is 1.53. The minimum absolute atomic E-state index is 0.762. The third-order valence-corrected chi connectivity index (χ3v) is 2.57. The number of likely N-dealkylation sites (N-methyl/N-ethyl adjacent to an activating group) is 1. The largest absolute Gasteiger partial charge is 0.380 e. The fourth-order valence-corrected chi connectivity index (χ4v) is 1.53. The topological polar surface area (TPSA) is 37.4 Å². The van der Waals surface area contributed by atoms with E-state index in [0.717, 1.165) is 38.5 Å². The highest BCUT2D eigenvalue weighted by Crippen LogP contribution is 2.12. The molecule has 0 aliphatic carbocycles. The Morgan fingerprint density at radius 2 is 2.24 bits per heavy atom. The summed E-state index contributed by atoms with van der Waals surface area (Å²) in [5.41, 5.74) is 2.26. The van der Waals surface area contributed by atoms with Gasteiger partial charge in [-0.25, -0.2) is 0 Å². The molecule has 0 spiro atoms. The first-order valence-electron chi connectivity index (χ1n) is 6.22. The van der Waals surface area contributed by atoms with Gasteiger partial charge in [-0.15, -0.1) is 0 Å². The summed E-state index contributed by atoms with van der Waals surface area (Å²) in [5, 5.41) is 3.28. The van der Waals surface area contributed by atoms with Gasteiger partial charge in [0, 0.05) is 38.6 Å². The van der Waals surface area contributed by atoms with Crippen LogP contribution in [0.2, 0.25) is 0 Å². The number of hydrogen-bond donors (Lipinski definition) is 1. The highest BCUT2D eigenvalue weighted by Gasteiger charge is 2.02. The molecule has 0 aromatic carbocycles. The molecule has 17 heavy (non-hydrogen) atoms. The van der Waals surface area contributed by atoms with E-state index in [2.05, 4.69) is 35.2 Å². The quantitative estimate of drug-likeness (QED) is 0.698. The van der Waals surface area contributed by atoms with Crippen molar-refractivity contribution in [3.8, 4) is 0 Å². The summed E-state index contributed by atoms with van der Waals surface area (Å²) in [7, 11) is 2.07. The molecule has 4 nitrogen and oxygen atoms in total. The first kappa shape index (κ1) is 13.9. The molecule has 96 valence electrons. The molecule has 0 aliphatic heterocycles. The average molecular weight is 237 g/mol. The molecule has 1 heterocycles. The Bertz CT molecular complexity index is 317. The van der Waals surface area contributed by atoms with Crippen LogP contribution in [0.5, 0.6) is 0 Å². The van der Waals surface area contributed by atoms with E-state index in [-0.39, 0.29) is 0 Å². The van der Waals surface area contributed by atoms with Gasteiger partial charge < -0.3 is 15.0 Å². The van der Waals surface area contributed by atoms with Gasteiger partial charge in [0.15, 0.2) is 0 Å². The monoisotopic (exact) mass is 237 g/mol. The summed E-state index contributed by atoms with van der Waals surface area (Å²) in [4.78, 5) is 6.52. The molecule has 0 saturated heterocycles. The molecule has 0 amide bonds. The van der Waals surface area contributed by atoms with Crippen LogP contribution in [0, 0.1) is 0 Å². The van der Waals surface area contributed by atoms with Gasteiger partial charge in [-0.3, -0.25) is 4.98 Å². The van der Waals surface area contributed by atoms with Crippen LogP contribution in [0.15, 0.2) is 18.3 Å². The van der Waals surface area contributed by atoms with Gasteiger partial charge in [-0.2, -0.15) is 0 Å². The zero-order valence-electron chi connectivity index (χ0n) is 11.1. The molecule has 0 aliphatic rings. The number of nitrogens with one attached hydrogen (secondary N) is 1. The van der Waals surface area contributed by atoms with Crippen LogP contribution in [0.3, 0.4) is 0 Å². The summed E-state index contributed by atoms with van der Waals surface area (Å²) in [6, 6.07) is 4.15. The van der Waals surface area contributed by atoms with Crippen LogP contribution in [0.4, 0.5) is 5.69 Å². The molecule has 1 N–H and O–H groups in total. The SMILES string of the molecule is CCNCc1cc(N(C)CCOCC)ccn1. The lowest BCUT2D eigenvalue weighted by Gasteiger charge is -2.19. The zero-order chi connectivity index (χ0) is 12.5. The van der Waals surface area contributed by atoms with Crippen molar-refractivity contribution in [2.45, 2.75) is 20.4 Å². The molecule has 0 bridgehead atoms. The zero-order valence-corrected chi connectivity index (χ0v) is 11.1. The highest BCUT2D eigenvalue weighted by molar-refractivity contribution is 5.45. The Hall–Kier alpha value is -1.13. The molecule has 0 saturated carbocycles. The summed E-state index contributed by atoms with van der Waals surface area (Å²) in [5.74, 6) is 0. The second-order valence-electron chi connectivity index (χ2n) is 3.90. The van der Waals surface area contributed by atoms with Crippen molar-refractivity contribution in [3.63, 3.8) is 0 Å². The van der Waals surface area contributed by atoms with Gasteiger partial charge in [-0.05, 0) is 25.6 Å². The Kier molecular flexibility index (Phi) is 6.58. The molecule has 1 aromatic rings. The van der Waals surface area contributed by atoms with Crippen molar-refractivity contribution in [1.29, 1.82) is 0 Å². The molecular weight excluding hydrogens is 214 g/mol. The maximum Gasteiger partial charge on any atom is 0.0641 e. The smallest absolute Gasteiger partial charge is 0.0641 e. The number of aromatic nitrogens is 1. The number of pyridine rings is 1. The minimum atomic E-state index is 0.762. The van der Waals surface area contributed by atoms with Gasteiger partial charge in [0.05, 0.1) is 12.3 Å². The molecule has 1 aromatic heterocycles. The lowest BCUT2D eigenvalue weighted by atomic mass is 10.3. The van der Waals surface area contributed by atoms with Crippen molar-refractivity contribution in [1.82, 2.24) is 10.3 Å². The fraction of sp³-hybridized carbons (Fsp3) is 0.615. The number of nitrogens with zero attached hydrogens (tertiary/aromatic N) is 2. The lowest BCUT2D eigenvalue weighted by Crippen LogP contribution is -2.23. The molecule has 0 unspecified atom stereocenters. The van der Waals surface area contributed by atoms with Crippen molar-refractivity contribution in [3.05, 3.63) is 24.0 Å². The van der Waals surface area contributed by atoms with E-state index < -0.39 is 0 Å². The Morgan fingerprint density at radius 3 is 2.94 bits per heavy atom. The van der Waals surface area contributed by atoms with Gasteiger partial charge in [0.2, 0.25) is 0 Å². The summed E-state index contributed by atoms with van der Waals surface area (Å²) in [6.45, 7) is 8.33. The van der Waals surface area contributed by atoms with Crippen molar-refractivity contribution >= 4 is 5.69 Å². The van der Waals surface area contributed by atoms with Gasteiger partial charge in [-0.1, -0.05) is 6.92 Å². The molecule has 1 rings (SSSR count). The second kappa shape index (κ2) is 8.03. The summed E-state index contributed by atoms with van der Waals surface area (Å²) in [6.07, 6.45) is 1.86. The molecule has 4 heteroatoms. The Labute approximate surface area is 104 Å². The van der Waals surface area contributed by atoms with Gasteiger partial charge in [0.25, 0.3) is 0 Å². The maximum absolute atomic E-state index is 5.35. The molecule has 0 fully saturated rings. The van der Waals surface area contributed by atoms with Gasteiger partial charge >= 0.3 is 0 Å². The van der Waals surface area contributed by atoms with Crippen molar-refractivity contribution in [2.75, 3.05) is 38.3 Å². The summed E-state index contributed by atoms with van der Waals surface area (Å²) < 4.78 is 5.35. The van der Waals surface area contributed by atoms with Crippen LogP contribution in [-0.2, 0) is 11.3 Å². The first-order chi connectivity index (χ1) is 8.27. The Balaban J connectivity index is 2.51. The number of anilines is 1. The predicted octanol–water partition coefficient (Wildman–Crippen LogP) is 1.66. The summed E-state index contributed by atoms with van der Waals surface area (Å²) >= 11 is 0. The van der Waals surface area contributed by atoms with Crippen LogP contribution in [-0.4, -0.2) is 38.3 Å². The number of ether oxygens (including phenoxy) is 1. The van der Waals surface area contributed by atoms with E-state index in [4.69, 9.17) is 4.74 Å². The predicted molar refractivity (Wildman–Crippen MR) is 71.4 cm³/mol. The maximum atomic E-state index is 5.35. The standard InChI is InChI=1S/C13H23N3O/c1-4-14-11-12-10-13(6-7-15-12)16(3)8-9-17-5-2/h6-7,10,14H,4-5,8-9,11H2,1-3H3. The minimum Gasteiger partial charge on any atom is -0.380 e. The van der Waals surface area contributed by atoms with Crippen molar-refractivity contribution in [2.24, 2.45) is 0 Å². The molecular formula is C13H23N3O. The Morgan fingerprint density at radius 1 is 1.41 bits per heavy atom. The number of hydrogen-bond acceptors (Lipinski definition) is 4. The average Bonchev–Trinajstić information content (AvgIpc) is 2.37. The molecule has 0 radical (unpaired) electrons. The van der Waals surface area contributed by atoms with Crippen LogP contribution >= 0.6 is 0 Å².